The van der Waals surface area contributed by atoms with Crippen LogP contribution in [-0.4, -0.2) is 21.4 Å². The summed E-state index contributed by atoms with van der Waals surface area (Å²) < 4.78 is 2.20. The maximum absolute atomic E-state index is 13.5. The van der Waals surface area contributed by atoms with E-state index < -0.39 is 0 Å². The molecule has 0 unspecified atom stereocenters. The summed E-state index contributed by atoms with van der Waals surface area (Å²) in [6.45, 7) is 2.84. The van der Waals surface area contributed by atoms with E-state index in [2.05, 4.69) is 46.9 Å². The molecule has 1 heterocycles. The molecular formula is C22H28N2O. The van der Waals surface area contributed by atoms with Crippen LogP contribution in [0, 0.1) is 6.92 Å². The molecule has 0 N–H and O–H groups in total. The van der Waals surface area contributed by atoms with Crippen molar-refractivity contribution < 1.29 is 4.79 Å². The molecule has 2 aliphatic carbocycles. The normalized spacial score (nSPS) is 18.3. The largest absolute Gasteiger partial charge is 0.340 e. The van der Waals surface area contributed by atoms with Crippen molar-refractivity contribution in [1.29, 1.82) is 0 Å². The lowest BCUT2D eigenvalue weighted by molar-refractivity contribution is 0.0603. The van der Waals surface area contributed by atoms with E-state index in [1.165, 1.54) is 43.2 Å². The Hall–Kier alpha value is -2.03. The summed E-state index contributed by atoms with van der Waals surface area (Å²) in [5, 5.41) is 0. The fraction of sp³-hybridized carbons (Fsp3) is 0.500. The van der Waals surface area contributed by atoms with Gasteiger partial charge in [-0.3, -0.25) is 4.79 Å². The van der Waals surface area contributed by atoms with Gasteiger partial charge in [-0.05, 0) is 50.3 Å². The van der Waals surface area contributed by atoms with Crippen LogP contribution in [0.3, 0.4) is 0 Å². The first-order chi connectivity index (χ1) is 12.2. The van der Waals surface area contributed by atoms with Gasteiger partial charge in [0.15, 0.2) is 0 Å². The first-order valence-electron chi connectivity index (χ1n) is 9.76. The van der Waals surface area contributed by atoms with E-state index >= 15 is 0 Å². The Morgan fingerprint density at radius 2 is 1.88 bits per heavy atom. The molecule has 2 fully saturated rings. The number of carbonyl (C=O) groups excluding carboxylic acids is 1. The number of amides is 1. The van der Waals surface area contributed by atoms with Gasteiger partial charge in [-0.2, -0.15) is 0 Å². The van der Waals surface area contributed by atoms with Gasteiger partial charge in [0.1, 0.15) is 5.69 Å². The van der Waals surface area contributed by atoms with E-state index in [1.54, 1.807) is 0 Å². The average Bonchev–Trinajstić information content (AvgIpc) is 3.36. The molecular weight excluding hydrogens is 308 g/mol. The third-order valence-corrected chi connectivity index (χ3v) is 5.65. The third-order valence-electron chi connectivity index (χ3n) is 5.65. The molecule has 0 atom stereocenters. The SMILES string of the molecule is Cc1cccc(CN(C(=O)c2cccn2C2CC2)C2CCCCC2)c1. The molecule has 2 saturated carbocycles. The zero-order chi connectivity index (χ0) is 17.2. The van der Waals surface area contributed by atoms with Crippen molar-refractivity contribution in [2.24, 2.45) is 0 Å². The van der Waals surface area contributed by atoms with E-state index in [4.69, 9.17) is 0 Å². The molecule has 0 saturated heterocycles. The molecule has 25 heavy (non-hydrogen) atoms. The minimum absolute atomic E-state index is 0.213. The van der Waals surface area contributed by atoms with Crippen molar-refractivity contribution in [2.75, 3.05) is 0 Å². The maximum atomic E-state index is 13.5. The first-order valence-corrected chi connectivity index (χ1v) is 9.76. The molecule has 0 bridgehead atoms. The van der Waals surface area contributed by atoms with Gasteiger partial charge in [-0.15, -0.1) is 0 Å². The smallest absolute Gasteiger partial charge is 0.271 e. The lowest BCUT2D eigenvalue weighted by Crippen LogP contribution is -2.41. The summed E-state index contributed by atoms with van der Waals surface area (Å²) >= 11 is 0. The van der Waals surface area contributed by atoms with Crippen molar-refractivity contribution >= 4 is 5.91 Å². The predicted molar refractivity (Wildman–Crippen MR) is 101 cm³/mol. The number of carbonyl (C=O) groups is 1. The molecule has 1 aromatic carbocycles. The number of benzene rings is 1. The predicted octanol–water partition coefficient (Wildman–Crippen LogP) is 5.11. The van der Waals surface area contributed by atoms with Gasteiger partial charge in [0.05, 0.1) is 0 Å². The number of nitrogens with zero attached hydrogens (tertiary/aromatic N) is 2. The average molecular weight is 336 g/mol. The lowest BCUT2D eigenvalue weighted by Gasteiger charge is -2.35. The lowest BCUT2D eigenvalue weighted by atomic mass is 9.93. The van der Waals surface area contributed by atoms with Crippen LogP contribution >= 0.6 is 0 Å². The second-order valence-corrected chi connectivity index (χ2v) is 7.75. The second kappa shape index (κ2) is 7.07. The molecule has 3 heteroatoms. The van der Waals surface area contributed by atoms with Gasteiger partial charge in [0.25, 0.3) is 5.91 Å². The van der Waals surface area contributed by atoms with Crippen LogP contribution in [0.4, 0.5) is 0 Å². The monoisotopic (exact) mass is 336 g/mol. The highest BCUT2D eigenvalue weighted by Crippen LogP contribution is 2.36. The molecule has 2 aliphatic rings. The van der Waals surface area contributed by atoms with Crippen LogP contribution in [0.5, 0.6) is 0 Å². The van der Waals surface area contributed by atoms with E-state index in [9.17, 15) is 4.79 Å². The molecule has 0 aliphatic heterocycles. The third kappa shape index (κ3) is 3.65. The Labute approximate surface area is 150 Å². The van der Waals surface area contributed by atoms with Crippen LogP contribution in [0.1, 0.15) is 72.6 Å². The minimum Gasteiger partial charge on any atom is -0.340 e. The highest BCUT2D eigenvalue weighted by molar-refractivity contribution is 5.93. The van der Waals surface area contributed by atoms with Crippen molar-refractivity contribution in [3.8, 4) is 0 Å². The highest BCUT2D eigenvalue weighted by atomic mass is 16.2. The Balaban J connectivity index is 1.61. The van der Waals surface area contributed by atoms with Crippen LogP contribution in [0.2, 0.25) is 0 Å². The first kappa shape index (κ1) is 16.4. The van der Waals surface area contributed by atoms with Crippen molar-refractivity contribution in [3.05, 3.63) is 59.4 Å². The van der Waals surface area contributed by atoms with Crippen molar-refractivity contribution in [2.45, 2.75) is 70.5 Å². The molecule has 2 aromatic rings. The quantitative estimate of drug-likeness (QED) is 0.745. The molecule has 132 valence electrons. The fourth-order valence-electron chi connectivity index (χ4n) is 4.16. The van der Waals surface area contributed by atoms with E-state index in [-0.39, 0.29) is 5.91 Å². The summed E-state index contributed by atoms with van der Waals surface area (Å²) in [6, 6.07) is 13.5. The van der Waals surface area contributed by atoms with Crippen LogP contribution in [0.25, 0.3) is 0 Å². The molecule has 1 amide bonds. The van der Waals surface area contributed by atoms with Gasteiger partial charge in [-0.25, -0.2) is 0 Å². The van der Waals surface area contributed by atoms with E-state index in [1.807, 2.05) is 12.1 Å². The number of hydrogen-bond donors (Lipinski definition) is 0. The summed E-state index contributed by atoms with van der Waals surface area (Å²) in [5.41, 5.74) is 3.37. The molecule has 1 aromatic heterocycles. The molecule has 4 rings (SSSR count). The zero-order valence-electron chi connectivity index (χ0n) is 15.2. The number of aromatic nitrogens is 1. The number of rotatable bonds is 5. The summed E-state index contributed by atoms with van der Waals surface area (Å²) in [6.07, 6.45) is 10.6. The highest BCUT2D eigenvalue weighted by Gasteiger charge is 2.31. The number of hydrogen-bond acceptors (Lipinski definition) is 1. The Bertz CT molecular complexity index is 738. The van der Waals surface area contributed by atoms with E-state index in [0.29, 0.717) is 12.1 Å². The van der Waals surface area contributed by atoms with Crippen LogP contribution in [0.15, 0.2) is 42.6 Å². The zero-order valence-corrected chi connectivity index (χ0v) is 15.2. The van der Waals surface area contributed by atoms with Crippen LogP contribution < -0.4 is 0 Å². The summed E-state index contributed by atoms with van der Waals surface area (Å²) in [7, 11) is 0. The van der Waals surface area contributed by atoms with Gasteiger partial charge in [-0.1, -0.05) is 49.1 Å². The Kier molecular flexibility index (Phi) is 4.65. The van der Waals surface area contributed by atoms with E-state index in [0.717, 1.165) is 25.1 Å². The molecule has 0 radical (unpaired) electrons. The summed E-state index contributed by atoms with van der Waals surface area (Å²) in [5.74, 6) is 0.213. The fourth-order valence-corrected chi connectivity index (χ4v) is 4.16. The van der Waals surface area contributed by atoms with Gasteiger partial charge in [0, 0.05) is 24.8 Å². The second-order valence-electron chi connectivity index (χ2n) is 7.75. The topological polar surface area (TPSA) is 25.2 Å². The minimum atomic E-state index is 0.213. The Morgan fingerprint density at radius 1 is 1.08 bits per heavy atom. The van der Waals surface area contributed by atoms with Crippen LogP contribution in [-0.2, 0) is 6.54 Å². The maximum Gasteiger partial charge on any atom is 0.271 e. The summed E-state index contributed by atoms with van der Waals surface area (Å²) in [4.78, 5) is 15.6. The molecule has 3 nitrogen and oxygen atoms in total. The standard InChI is InChI=1S/C22H28N2O/c1-17-7-5-8-18(15-17)16-24(19-9-3-2-4-10-19)22(25)21-11-6-14-23(21)20-12-13-20/h5-8,11,14-15,19-20H,2-4,9-10,12-13,16H2,1H3. The molecule has 0 spiro atoms. The Morgan fingerprint density at radius 3 is 2.60 bits per heavy atom. The van der Waals surface area contributed by atoms with Gasteiger partial charge in [0.2, 0.25) is 0 Å². The van der Waals surface area contributed by atoms with Crippen molar-refractivity contribution in [3.63, 3.8) is 0 Å². The van der Waals surface area contributed by atoms with Gasteiger partial charge < -0.3 is 9.47 Å². The number of aryl methyl sites for hydroxylation is 1. The van der Waals surface area contributed by atoms with Gasteiger partial charge >= 0.3 is 0 Å². The van der Waals surface area contributed by atoms with Crippen molar-refractivity contribution in [1.82, 2.24) is 9.47 Å².